The van der Waals surface area contributed by atoms with Gasteiger partial charge in [-0.3, -0.25) is 0 Å². The van der Waals surface area contributed by atoms with E-state index in [9.17, 15) is 8.78 Å². The Hall–Kier alpha value is -1.75. The lowest BCUT2D eigenvalue weighted by Gasteiger charge is -2.08. The number of nitrogens with zero attached hydrogens (tertiary/aromatic N) is 2. The quantitative estimate of drug-likeness (QED) is 0.890. The van der Waals surface area contributed by atoms with Gasteiger partial charge in [-0.1, -0.05) is 6.92 Å². The summed E-state index contributed by atoms with van der Waals surface area (Å²) in [6.07, 6.45) is 2.09. The molecule has 0 radical (unpaired) electrons. The van der Waals surface area contributed by atoms with Crippen molar-refractivity contribution in [2.75, 3.05) is 0 Å². The monoisotopic (exact) mass is 238 g/mol. The van der Waals surface area contributed by atoms with Crippen molar-refractivity contribution < 1.29 is 13.9 Å². The molecule has 0 atom stereocenters. The fourth-order valence-electron chi connectivity index (χ4n) is 1.78. The first-order chi connectivity index (χ1) is 8.17. The maximum absolute atomic E-state index is 13.6. The van der Waals surface area contributed by atoms with Crippen molar-refractivity contribution in [3.8, 4) is 5.69 Å². The van der Waals surface area contributed by atoms with Gasteiger partial charge >= 0.3 is 0 Å². The zero-order valence-corrected chi connectivity index (χ0v) is 9.32. The molecule has 0 aliphatic rings. The molecule has 5 heteroatoms. The van der Waals surface area contributed by atoms with Crippen LogP contribution in [0.5, 0.6) is 0 Å². The van der Waals surface area contributed by atoms with E-state index in [4.69, 9.17) is 5.11 Å². The normalized spacial score (nSPS) is 10.8. The lowest BCUT2D eigenvalue weighted by Crippen LogP contribution is -2.05. The average Bonchev–Trinajstić information content (AvgIpc) is 2.71. The molecule has 0 fully saturated rings. The van der Waals surface area contributed by atoms with Crippen LogP contribution in [0, 0.1) is 11.6 Å². The Morgan fingerprint density at radius 3 is 2.71 bits per heavy atom. The van der Waals surface area contributed by atoms with E-state index in [1.807, 2.05) is 6.92 Å². The van der Waals surface area contributed by atoms with Crippen LogP contribution >= 0.6 is 0 Å². The average molecular weight is 238 g/mol. The third kappa shape index (κ3) is 2.06. The molecule has 1 aromatic heterocycles. The standard InChI is InChI=1S/C12H12F2N2O/c1-2-11-8(7-17)6-15-16(11)12-4-3-9(13)5-10(12)14/h3-6,17H,2,7H2,1H3. The Morgan fingerprint density at radius 2 is 2.12 bits per heavy atom. The second-order valence-electron chi connectivity index (χ2n) is 3.64. The third-order valence-corrected chi connectivity index (χ3v) is 2.60. The maximum atomic E-state index is 13.6. The summed E-state index contributed by atoms with van der Waals surface area (Å²) < 4.78 is 27.8. The van der Waals surface area contributed by atoms with Gasteiger partial charge in [0.15, 0.2) is 5.82 Å². The van der Waals surface area contributed by atoms with E-state index in [2.05, 4.69) is 5.10 Å². The minimum absolute atomic E-state index is 0.147. The minimum atomic E-state index is -0.674. The Balaban J connectivity index is 2.56. The minimum Gasteiger partial charge on any atom is -0.392 e. The smallest absolute Gasteiger partial charge is 0.151 e. The van der Waals surface area contributed by atoms with E-state index in [1.165, 1.54) is 23.0 Å². The number of aromatic nitrogens is 2. The summed E-state index contributed by atoms with van der Waals surface area (Å²) in [7, 11) is 0. The first kappa shape index (κ1) is 11.7. The van der Waals surface area contributed by atoms with Crippen LogP contribution in [0.15, 0.2) is 24.4 Å². The molecule has 90 valence electrons. The van der Waals surface area contributed by atoms with Gasteiger partial charge in [-0.15, -0.1) is 0 Å². The molecular weight excluding hydrogens is 226 g/mol. The topological polar surface area (TPSA) is 38.1 Å². The molecule has 0 amide bonds. The molecule has 2 aromatic rings. The van der Waals surface area contributed by atoms with E-state index >= 15 is 0 Å². The van der Waals surface area contributed by atoms with Gasteiger partial charge in [-0.05, 0) is 18.6 Å². The Bertz CT molecular complexity index is 537. The number of hydrogen-bond donors (Lipinski definition) is 1. The Kier molecular flexibility index (Phi) is 3.19. The van der Waals surface area contributed by atoms with Crippen molar-refractivity contribution in [3.63, 3.8) is 0 Å². The lowest BCUT2D eigenvalue weighted by molar-refractivity contribution is 0.280. The molecular formula is C12H12F2N2O. The fourth-order valence-corrected chi connectivity index (χ4v) is 1.78. The van der Waals surface area contributed by atoms with Crippen LogP contribution < -0.4 is 0 Å². The molecule has 0 aliphatic heterocycles. The summed E-state index contributed by atoms with van der Waals surface area (Å²) >= 11 is 0. The van der Waals surface area contributed by atoms with E-state index in [1.54, 1.807) is 0 Å². The number of aliphatic hydroxyl groups excluding tert-OH is 1. The molecule has 0 unspecified atom stereocenters. The number of rotatable bonds is 3. The van der Waals surface area contributed by atoms with Crippen molar-refractivity contribution in [2.45, 2.75) is 20.0 Å². The van der Waals surface area contributed by atoms with Gasteiger partial charge in [0.1, 0.15) is 11.5 Å². The highest BCUT2D eigenvalue weighted by molar-refractivity contribution is 5.36. The van der Waals surface area contributed by atoms with Crippen LogP contribution in [0.4, 0.5) is 8.78 Å². The highest BCUT2D eigenvalue weighted by atomic mass is 19.1. The summed E-state index contributed by atoms with van der Waals surface area (Å²) in [6, 6.07) is 3.32. The second-order valence-corrected chi connectivity index (χ2v) is 3.64. The van der Waals surface area contributed by atoms with E-state index in [-0.39, 0.29) is 12.3 Å². The van der Waals surface area contributed by atoms with Gasteiger partial charge in [0.25, 0.3) is 0 Å². The van der Waals surface area contributed by atoms with Crippen molar-refractivity contribution in [3.05, 3.63) is 47.3 Å². The predicted molar refractivity (Wildman–Crippen MR) is 58.8 cm³/mol. The van der Waals surface area contributed by atoms with Gasteiger partial charge in [0, 0.05) is 17.3 Å². The molecule has 0 saturated carbocycles. The molecule has 3 nitrogen and oxygen atoms in total. The van der Waals surface area contributed by atoms with Crippen molar-refractivity contribution in [1.82, 2.24) is 9.78 Å². The predicted octanol–water partition coefficient (Wildman–Crippen LogP) is 2.21. The molecule has 17 heavy (non-hydrogen) atoms. The van der Waals surface area contributed by atoms with Crippen molar-refractivity contribution >= 4 is 0 Å². The second kappa shape index (κ2) is 4.63. The molecule has 1 aromatic carbocycles. The largest absolute Gasteiger partial charge is 0.392 e. The molecule has 0 bridgehead atoms. The van der Waals surface area contributed by atoms with Gasteiger partial charge in [-0.25, -0.2) is 13.5 Å². The van der Waals surface area contributed by atoms with Gasteiger partial charge < -0.3 is 5.11 Å². The number of hydrogen-bond acceptors (Lipinski definition) is 2. The van der Waals surface area contributed by atoms with Crippen molar-refractivity contribution in [1.29, 1.82) is 0 Å². The van der Waals surface area contributed by atoms with Crippen LogP contribution in [-0.2, 0) is 13.0 Å². The SMILES string of the molecule is CCc1c(CO)cnn1-c1ccc(F)cc1F. The highest BCUT2D eigenvalue weighted by Gasteiger charge is 2.13. The van der Waals surface area contributed by atoms with Gasteiger partial charge in [-0.2, -0.15) is 5.10 Å². The molecule has 1 N–H and O–H groups in total. The summed E-state index contributed by atoms with van der Waals surface area (Å²) in [5.41, 5.74) is 1.55. The van der Waals surface area contributed by atoms with E-state index < -0.39 is 11.6 Å². The lowest BCUT2D eigenvalue weighted by atomic mass is 10.2. The number of halogens is 2. The Labute approximate surface area is 97.3 Å². The van der Waals surface area contributed by atoms with Crippen LogP contribution in [-0.4, -0.2) is 14.9 Å². The zero-order chi connectivity index (χ0) is 12.4. The van der Waals surface area contributed by atoms with E-state index in [0.29, 0.717) is 12.0 Å². The fraction of sp³-hybridized carbons (Fsp3) is 0.250. The van der Waals surface area contributed by atoms with E-state index in [0.717, 1.165) is 11.8 Å². The summed E-state index contributed by atoms with van der Waals surface area (Å²) in [4.78, 5) is 0. The van der Waals surface area contributed by atoms with Gasteiger partial charge in [0.2, 0.25) is 0 Å². The van der Waals surface area contributed by atoms with Crippen molar-refractivity contribution in [2.24, 2.45) is 0 Å². The van der Waals surface area contributed by atoms with Crippen LogP contribution in [0.1, 0.15) is 18.2 Å². The maximum Gasteiger partial charge on any atom is 0.151 e. The van der Waals surface area contributed by atoms with Crippen LogP contribution in [0.3, 0.4) is 0 Å². The summed E-state index contributed by atoms with van der Waals surface area (Å²) in [5.74, 6) is -1.30. The third-order valence-electron chi connectivity index (χ3n) is 2.60. The molecule has 1 heterocycles. The molecule has 0 aliphatic carbocycles. The first-order valence-corrected chi connectivity index (χ1v) is 5.29. The number of benzene rings is 1. The molecule has 2 rings (SSSR count). The zero-order valence-electron chi connectivity index (χ0n) is 9.32. The summed E-state index contributed by atoms with van der Waals surface area (Å²) in [5, 5.41) is 13.1. The first-order valence-electron chi connectivity index (χ1n) is 5.29. The Morgan fingerprint density at radius 1 is 1.35 bits per heavy atom. The summed E-state index contributed by atoms with van der Waals surface area (Å²) in [6.45, 7) is 1.74. The highest BCUT2D eigenvalue weighted by Crippen LogP contribution is 2.19. The molecule has 0 saturated heterocycles. The van der Waals surface area contributed by atoms with Gasteiger partial charge in [0.05, 0.1) is 12.8 Å². The van der Waals surface area contributed by atoms with Crippen LogP contribution in [0.25, 0.3) is 5.69 Å². The van der Waals surface area contributed by atoms with Crippen LogP contribution in [0.2, 0.25) is 0 Å². The molecule has 0 spiro atoms. The number of aliphatic hydroxyl groups is 1.